The molecule has 0 spiro atoms. The summed E-state index contributed by atoms with van der Waals surface area (Å²) in [6, 6.07) is 0. The van der Waals surface area contributed by atoms with E-state index >= 15 is 0 Å². The van der Waals surface area contributed by atoms with Gasteiger partial charge in [0.15, 0.2) is 0 Å². The maximum atomic E-state index is 4.68. The highest BCUT2D eigenvalue weighted by molar-refractivity contribution is 14.1. The summed E-state index contributed by atoms with van der Waals surface area (Å²) < 4.78 is 1.16. The van der Waals surface area contributed by atoms with Gasteiger partial charge in [-0.2, -0.15) is 11.8 Å². The van der Waals surface area contributed by atoms with E-state index in [0.29, 0.717) is 0 Å². The highest BCUT2D eigenvalue weighted by atomic mass is 127. The van der Waals surface area contributed by atoms with Gasteiger partial charge in [-0.25, -0.2) is 9.97 Å². The molecule has 100 valence electrons. The molecule has 3 nitrogen and oxygen atoms in total. The highest BCUT2D eigenvalue weighted by Gasteiger charge is 2.17. The van der Waals surface area contributed by atoms with Gasteiger partial charge in [-0.05, 0) is 41.9 Å². The Labute approximate surface area is 127 Å². The molecule has 0 aliphatic heterocycles. The lowest BCUT2D eigenvalue weighted by Gasteiger charge is -2.11. The van der Waals surface area contributed by atoms with Gasteiger partial charge in [-0.3, -0.25) is 0 Å². The fraction of sp³-hybridized carbons (Fsp3) is 0.692. The van der Waals surface area contributed by atoms with Gasteiger partial charge in [0.1, 0.15) is 11.6 Å². The molecule has 0 bridgehead atoms. The number of nitrogens with zero attached hydrogens (tertiary/aromatic N) is 2. The summed E-state index contributed by atoms with van der Waals surface area (Å²) in [5.41, 5.74) is 1.16. The minimum atomic E-state index is 0.830. The van der Waals surface area contributed by atoms with Gasteiger partial charge >= 0.3 is 0 Å². The van der Waals surface area contributed by atoms with Crippen LogP contribution in [0.4, 0.5) is 5.82 Å². The molecule has 1 aliphatic rings. The first-order chi connectivity index (χ1) is 8.74. The normalized spacial score (nSPS) is 16.2. The van der Waals surface area contributed by atoms with Crippen LogP contribution < -0.4 is 5.32 Å². The van der Waals surface area contributed by atoms with Gasteiger partial charge in [-0.15, -0.1) is 0 Å². The zero-order valence-electron chi connectivity index (χ0n) is 11.0. The van der Waals surface area contributed by atoms with E-state index in [1.54, 1.807) is 0 Å². The topological polar surface area (TPSA) is 37.8 Å². The average Bonchev–Trinajstić information content (AvgIpc) is 2.90. The number of thioether (sulfide) groups is 1. The molecule has 0 aromatic carbocycles. The predicted molar refractivity (Wildman–Crippen MR) is 87.2 cm³/mol. The molecule has 1 fully saturated rings. The van der Waals surface area contributed by atoms with Crippen molar-refractivity contribution in [3.8, 4) is 0 Å². The van der Waals surface area contributed by atoms with Gasteiger partial charge in [-0.1, -0.05) is 19.8 Å². The number of nitrogens with one attached hydrogen (secondary N) is 1. The van der Waals surface area contributed by atoms with Crippen molar-refractivity contribution >= 4 is 40.2 Å². The van der Waals surface area contributed by atoms with Gasteiger partial charge in [0, 0.05) is 12.3 Å². The van der Waals surface area contributed by atoms with Gasteiger partial charge in [0.2, 0.25) is 0 Å². The Morgan fingerprint density at radius 3 is 2.67 bits per heavy atom. The molecule has 2 rings (SSSR count). The summed E-state index contributed by atoms with van der Waals surface area (Å²) in [6.45, 7) is 2.15. The van der Waals surface area contributed by atoms with Crippen molar-refractivity contribution in [2.45, 2.75) is 50.0 Å². The number of halogens is 1. The third-order valence-corrected chi connectivity index (χ3v) is 5.79. The van der Waals surface area contributed by atoms with Crippen LogP contribution in [0.2, 0.25) is 0 Å². The van der Waals surface area contributed by atoms with Crippen LogP contribution in [0.15, 0.2) is 0 Å². The number of hydrogen-bond acceptors (Lipinski definition) is 4. The third kappa shape index (κ3) is 3.50. The van der Waals surface area contributed by atoms with E-state index in [-0.39, 0.29) is 0 Å². The van der Waals surface area contributed by atoms with E-state index in [1.807, 2.05) is 18.8 Å². The van der Waals surface area contributed by atoms with E-state index in [0.717, 1.165) is 38.3 Å². The van der Waals surface area contributed by atoms with E-state index in [2.05, 4.69) is 44.8 Å². The number of hydrogen-bond donors (Lipinski definition) is 1. The molecule has 0 unspecified atom stereocenters. The van der Waals surface area contributed by atoms with Crippen molar-refractivity contribution < 1.29 is 0 Å². The van der Waals surface area contributed by atoms with Crippen LogP contribution in [-0.4, -0.2) is 22.3 Å². The summed E-state index contributed by atoms with van der Waals surface area (Å²) in [7, 11) is 1.93. The Balaban J connectivity index is 2.07. The Hall–Kier alpha value is -0.0400. The molecule has 0 saturated heterocycles. The van der Waals surface area contributed by atoms with Crippen molar-refractivity contribution in [2.75, 3.05) is 12.4 Å². The monoisotopic (exact) mass is 377 g/mol. The first kappa shape index (κ1) is 14.4. The Bertz CT molecular complexity index is 380. The molecule has 1 aromatic heterocycles. The maximum absolute atomic E-state index is 4.68. The van der Waals surface area contributed by atoms with Crippen LogP contribution in [0.3, 0.4) is 0 Å². The van der Waals surface area contributed by atoms with E-state index < -0.39 is 0 Å². The second-order valence-electron chi connectivity index (χ2n) is 4.57. The number of aryl methyl sites for hydroxylation is 1. The highest BCUT2D eigenvalue weighted by Crippen LogP contribution is 2.31. The average molecular weight is 377 g/mol. The van der Waals surface area contributed by atoms with Crippen molar-refractivity contribution in [1.29, 1.82) is 0 Å². The number of aromatic nitrogens is 2. The van der Waals surface area contributed by atoms with Crippen LogP contribution in [0.25, 0.3) is 0 Å². The molecule has 0 radical (unpaired) electrons. The van der Waals surface area contributed by atoms with Crippen LogP contribution in [0, 0.1) is 3.57 Å². The number of rotatable bonds is 5. The Kier molecular flexibility index (Phi) is 5.54. The Morgan fingerprint density at radius 2 is 2.06 bits per heavy atom. The standard InChI is InChI=1S/C13H20IN3S/c1-3-10-12(14)13(15-2)17-11(16-10)8-18-9-6-4-5-7-9/h9H,3-8H2,1-2H3,(H,15,16,17). The zero-order valence-corrected chi connectivity index (χ0v) is 14.0. The lowest BCUT2D eigenvalue weighted by molar-refractivity contribution is 0.886. The third-order valence-electron chi connectivity index (χ3n) is 3.29. The first-order valence-electron chi connectivity index (χ1n) is 6.59. The lowest BCUT2D eigenvalue weighted by atomic mass is 10.3. The van der Waals surface area contributed by atoms with Gasteiger partial charge in [0.05, 0.1) is 15.0 Å². The molecule has 18 heavy (non-hydrogen) atoms. The van der Waals surface area contributed by atoms with Crippen LogP contribution in [0.1, 0.15) is 44.1 Å². The van der Waals surface area contributed by atoms with Crippen LogP contribution in [-0.2, 0) is 12.2 Å². The molecular formula is C13H20IN3S. The minimum Gasteiger partial charge on any atom is -0.372 e. The quantitative estimate of drug-likeness (QED) is 0.791. The van der Waals surface area contributed by atoms with Crippen LogP contribution in [0.5, 0.6) is 0 Å². The first-order valence-corrected chi connectivity index (χ1v) is 8.72. The molecule has 1 heterocycles. The fourth-order valence-electron chi connectivity index (χ4n) is 2.26. The molecule has 0 atom stereocenters. The fourth-order valence-corrected chi connectivity index (χ4v) is 4.33. The smallest absolute Gasteiger partial charge is 0.143 e. The van der Waals surface area contributed by atoms with E-state index in [9.17, 15) is 0 Å². The number of anilines is 1. The van der Waals surface area contributed by atoms with Gasteiger partial charge < -0.3 is 5.32 Å². The molecule has 1 aliphatic carbocycles. The van der Waals surface area contributed by atoms with Crippen molar-refractivity contribution in [1.82, 2.24) is 9.97 Å². The SMILES string of the molecule is CCc1nc(CSC2CCCC2)nc(NC)c1I. The maximum Gasteiger partial charge on any atom is 0.143 e. The van der Waals surface area contributed by atoms with Crippen LogP contribution >= 0.6 is 34.4 Å². The summed E-state index contributed by atoms with van der Waals surface area (Å²) >= 11 is 4.36. The predicted octanol–water partition coefficient (Wildman–Crippen LogP) is 3.86. The zero-order chi connectivity index (χ0) is 13.0. The van der Waals surface area contributed by atoms with E-state index in [1.165, 1.54) is 25.7 Å². The molecule has 5 heteroatoms. The molecule has 1 aromatic rings. The summed E-state index contributed by atoms with van der Waals surface area (Å²) in [4.78, 5) is 9.29. The van der Waals surface area contributed by atoms with Crippen molar-refractivity contribution in [3.63, 3.8) is 0 Å². The second-order valence-corrected chi connectivity index (χ2v) is 6.94. The lowest BCUT2D eigenvalue weighted by Crippen LogP contribution is -2.07. The second kappa shape index (κ2) is 6.93. The van der Waals surface area contributed by atoms with E-state index in [4.69, 9.17) is 0 Å². The molecule has 0 amide bonds. The van der Waals surface area contributed by atoms with Gasteiger partial charge in [0.25, 0.3) is 0 Å². The Morgan fingerprint density at radius 1 is 1.33 bits per heavy atom. The molecular weight excluding hydrogens is 357 g/mol. The summed E-state index contributed by atoms with van der Waals surface area (Å²) in [5, 5.41) is 4.00. The molecule has 1 saturated carbocycles. The largest absolute Gasteiger partial charge is 0.372 e. The molecule has 1 N–H and O–H groups in total. The van der Waals surface area contributed by atoms with Crippen molar-refractivity contribution in [2.24, 2.45) is 0 Å². The summed E-state index contributed by atoms with van der Waals surface area (Å²) in [5.74, 6) is 2.90. The minimum absolute atomic E-state index is 0.830. The van der Waals surface area contributed by atoms with Crippen molar-refractivity contribution in [3.05, 3.63) is 15.1 Å². The summed E-state index contributed by atoms with van der Waals surface area (Å²) in [6.07, 6.45) is 6.50.